The smallest absolute Gasteiger partial charge is 0.219 e. The predicted molar refractivity (Wildman–Crippen MR) is 77.0 cm³/mol. The Hall–Kier alpha value is -2.17. The van der Waals surface area contributed by atoms with Crippen LogP contribution in [0.3, 0.4) is 0 Å². The Kier molecular flexibility index (Phi) is 3.50. The molecule has 3 rings (SSSR count). The fraction of sp³-hybridized carbons (Fsp3) is 0.0667. The van der Waals surface area contributed by atoms with Crippen LogP contribution in [0.1, 0.15) is 5.56 Å². The van der Waals surface area contributed by atoms with Crippen LogP contribution < -0.4 is 4.74 Å². The van der Waals surface area contributed by atoms with Gasteiger partial charge in [0, 0.05) is 29.4 Å². The van der Waals surface area contributed by atoms with E-state index in [0.29, 0.717) is 22.2 Å². The number of aliphatic hydroxyl groups is 1. The van der Waals surface area contributed by atoms with Gasteiger partial charge in [0.2, 0.25) is 5.88 Å². The van der Waals surface area contributed by atoms with Crippen molar-refractivity contribution >= 4 is 22.5 Å². The third kappa shape index (κ3) is 2.43. The van der Waals surface area contributed by atoms with Gasteiger partial charge in [-0.3, -0.25) is 4.98 Å². The van der Waals surface area contributed by atoms with Crippen LogP contribution in [0.15, 0.2) is 48.8 Å². The molecule has 4 nitrogen and oxygen atoms in total. The quantitative estimate of drug-likeness (QED) is 0.800. The van der Waals surface area contributed by atoms with Crippen molar-refractivity contribution in [2.24, 2.45) is 0 Å². The fourth-order valence-electron chi connectivity index (χ4n) is 1.91. The summed E-state index contributed by atoms with van der Waals surface area (Å²) in [5, 5.41) is 10.5. The lowest BCUT2D eigenvalue weighted by Gasteiger charge is -2.09. The highest BCUT2D eigenvalue weighted by molar-refractivity contribution is 6.31. The minimum Gasteiger partial charge on any atom is -0.438 e. The molecule has 5 heteroatoms. The van der Waals surface area contributed by atoms with E-state index in [1.165, 1.54) is 6.20 Å². The van der Waals surface area contributed by atoms with Gasteiger partial charge in [-0.25, -0.2) is 4.98 Å². The summed E-state index contributed by atoms with van der Waals surface area (Å²) < 4.78 is 5.77. The highest BCUT2D eigenvalue weighted by Gasteiger charge is 2.07. The van der Waals surface area contributed by atoms with Crippen molar-refractivity contribution in [2.75, 3.05) is 0 Å². The van der Waals surface area contributed by atoms with Crippen LogP contribution in [-0.2, 0) is 6.61 Å². The summed E-state index contributed by atoms with van der Waals surface area (Å²) >= 11 is 5.91. The second kappa shape index (κ2) is 5.45. The van der Waals surface area contributed by atoms with Crippen molar-refractivity contribution in [1.29, 1.82) is 0 Å². The summed E-state index contributed by atoms with van der Waals surface area (Å²) in [6.07, 6.45) is 3.20. The maximum Gasteiger partial charge on any atom is 0.219 e. The van der Waals surface area contributed by atoms with E-state index in [0.717, 1.165) is 10.9 Å². The summed E-state index contributed by atoms with van der Waals surface area (Å²) in [4.78, 5) is 8.37. The molecule has 0 aliphatic carbocycles. The molecule has 0 fully saturated rings. The first-order valence-corrected chi connectivity index (χ1v) is 6.42. The molecular formula is C15H11ClN2O2. The Bertz CT molecular complexity index is 756. The average Bonchev–Trinajstić information content (AvgIpc) is 2.49. The lowest BCUT2D eigenvalue weighted by atomic mass is 10.2. The van der Waals surface area contributed by atoms with Crippen molar-refractivity contribution < 1.29 is 9.84 Å². The van der Waals surface area contributed by atoms with E-state index in [9.17, 15) is 5.11 Å². The minimum atomic E-state index is -0.158. The zero-order valence-corrected chi connectivity index (χ0v) is 11.2. The molecule has 2 heterocycles. The number of nitrogens with zero attached hydrogens (tertiary/aromatic N) is 2. The SMILES string of the molecule is OCc1cc(Oc2cccc3ncccc23)ncc1Cl. The molecule has 0 radical (unpaired) electrons. The molecule has 3 aromatic rings. The van der Waals surface area contributed by atoms with E-state index in [2.05, 4.69) is 9.97 Å². The van der Waals surface area contributed by atoms with Crippen LogP contribution in [-0.4, -0.2) is 15.1 Å². The molecule has 0 bridgehead atoms. The van der Waals surface area contributed by atoms with Gasteiger partial charge < -0.3 is 9.84 Å². The first-order chi connectivity index (χ1) is 9.78. The summed E-state index contributed by atoms with van der Waals surface area (Å²) in [7, 11) is 0. The molecule has 1 N–H and O–H groups in total. The monoisotopic (exact) mass is 286 g/mol. The lowest BCUT2D eigenvalue weighted by Crippen LogP contribution is -1.93. The third-order valence-corrected chi connectivity index (χ3v) is 3.24. The summed E-state index contributed by atoms with van der Waals surface area (Å²) in [6, 6.07) is 11.0. The van der Waals surface area contributed by atoms with E-state index >= 15 is 0 Å². The van der Waals surface area contributed by atoms with Gasteiger partial charge in [-0.1, -0.05) is 17.7 Å². The first kappa shape index (κ1) is 12.8. The van der Waals surface area contributed by atoms with Crippen molar-refractivity contribution in [3.8, 4) is 11.6 Å². The van der Waals surface area contributed by atoms with Gasteiger partial charge in [-0.05, 0) is 24.3 Å². The number of aliphatic hydroxyl groups excluding tert-OH is 1. The zero-order valence-electron chi connectivity index (χ0n) is 10.5. The van der Waals surface area contributed by atoms with Crippen molar-refractivity contribution in [1.82, 2.24) is 9.97 Å². The van der Waals surface area contributed by atoms with Crippen LogP contribution >= 0.6 is 11.6 Å². The number of fused-ring (bicyclic) bond motifs is 1. The Morgan fingerprint density at radius 1 is 1.15 bits per heavy atom. The minimum absolute atomic E-state index is 0.158. The molecule has 0 spiro atoms. The van der Waals surface area contributed by atoms with Crippen LogP contribution in [0.5, 0.6) is 11.6 Å². The van der Waals surface area contributed by atoms with Gasteiger partial charge in [0.1, 0.15) is 5.75 Å². The molecule has 0 saturated heterocycles. The number of ether oxygens (including phenoxy) is 1. The molecule has 0 saturated carbocycles. The Labute approximate surface area is 120 Å². The number of aromatic nitrogens is 2. The second-order valence-corrected chi connectivity index (χ2v) is 4.61. The van der Waals surface area contributed by atoms with Crippen LogP contribution in [0, 0.1) is 0 Å². The number of hydrogen-bond donors (Lipinski definition) is 1. The average molecular weight is 287 g/mol. The number of hydrogen-bond acceptors (Lipinski definition) is 4. The van der Waals surface area contributed by atoms with Gasteiger partial charge in [0.25, 0.3) is 0 Å². The maximum absolute atomic E-state index is 9.20. The molecule has 20 heavy (non-hydrogen) atoms. The van der Waals surface area contributed by atoms with Crippen LogP contribution in [0.4, 0.5) is 0 Å². The highest BCUT2D eigenvalue weighted by Crippen LogP contribution is 2.29. The fourth-order valence-corrected chi connectivity index (χ4v) is 2.08. The van der Waals surface area contributed by atoms with Gasteiger partial charge in [-0.2, -0.15) is 0 Å². The third-order valence-electron chi connectivity index (χ3n) is 2.90. The van der Waals surface area contributed by atoms with Crippen LogP contribution in [0.25, 0.3) is 10.9 Å². The number of halogens is 1. The molecule has 1 aromatic carbocycles. The molecular weight excluding hydrogens is 276 g/mol. The van der Waals surface area contributed by atoms with E-state index in [1.54, 1.807) is 12.3 Å². The Morgan fingerprint density at radius 3 is 2.90 bits per heavy atom. The second-order valence-electron chi connectivity index (χ2n) is 4.20. The molecule has 100 valence electrons. The molecule has 0 unspecified atom stereocenters. The van der Waals surface area contributed by atoms with Gasteiger partial charge >= 0.3 is 0 Å². The lowest BCUT2D eigenvalue weighted by molar-refractivity contribution is 0.281. The van der Waals surface area contributed by atoms with Crippen LogP contribution in [0.2, 0.25) is 5.02 Å². The van der Waals surface area contributed by atoms with Gasteiger partial charge in [0.05, 0.1) is 17.1 Å². The molecule has 2 aromatic heterocycles. The standard InChI is InChI=1S/C15H11ClN2O2/c16-12-8-18-15(7-10(12)9-19)20-14-5-1-4-13-11(14)3-2-6-17-13/h1-8,19H,9H2. The first-order valence-electron chi connectivity index (χ1n) is 6.05. The largest absolute Gasteiger partial charge is 0.438 e. The summed E-state index contributed by atoms with van der Waals surface area (Å²) in [5.74, 6) is 1.05. The maximum atomic E-state index is 9.20. The Morgan fingerprint density at radius 2 is 2.05 bits per heavy atom. The molecule has 0 atom stereocenters. The zero-order chi connectivity index (χ0) is 13.9. The Balaban J connectivity index is 2.01. The normalized spacial score (nSPS) is 10.7. The van der Waals surface area contributed by atoms with E-state index in [-0.39, 0.29) is 6.61 Å². The van der Waals surface area contributed by atoms with E-state index < -0.39 is 0 Å². The number of benzene rings is 1. The molecule has 0 aliphatic heterocycles. The van der Waals surface area contributed by atoms with Crippen molar-refractivity contribution in [3.63, 3.8) is 0 Å². The molecule has 0 amide bonds. The van der Waals surface area contributed by atoms with E-state index in [4.69, 9.17) is 16.3 Å². The number of rotatable bonds is 3. The van der Waals surface area contributed by atoms with Crippen molar-refractivity contribution in [3.05, 3.63) is 59.4 Å². The van der Waals surface area contributed by atoms with Crippen molar-refractivity contribution in [2.45, 2.75) is 6.61 Å². The summed E-state index contributed by atoms with van der Waals surface area (Å²) in [6.45, 7) is -0.158. The number of pyridine rings is 2. The van der Waals surface area contributed by atoms with Gasteiger partial charge in [0.15, 0.2) is 0 Å². The van der Waals surface area contributed by atoms with E-state index in [1.807, 2.05) is 30.3 Å². The topological polar surface area (TPSA) is 55.2 Å². The van der Waals surface area contributed by atoms with Gasteiger partial charge in [-0.15, -0.1) is 0 Å². The summed E-state index contributed by atoms with van der Waals surface area (Å²) in [5.41, 5.74) is 1.43. The molecule has 0 aliphatic rings. The predicted octanol–water partition coefficient (Wildman–Crippen LogP) is 3.57. The highest BCUT2D eigenvalue weighted by atomic mass is 35.5.